The summed E-state index contributed by atoms with van der Waals surface area (Å²) in [5, 5.41) is 20.0. The van der Waals surface area contributed by atoms with Gasteiger partial charge in [-0.25, -0.2) is 4.98 Å². The number of aromatic nitrogens is 1. The van der Waals surface area contributed by atoms with Gasteiger partial charge < -0.3 is 10.1 Å². The van der Waals surface area contributed by atoms with Gasteiger partial charge in [0, 0.05) is 10.6 Å². The van der Waals surface area contributed by atoms with Crippen LogP contribution in [0.25, 0.3) is 11.3 Å². The third-order valence-corrected chi connectivity index (χ3v) is 2.91. The van der Waals surface area contributed by atoms with E-state index in [-0.39, 0.29) is 16.3 Å². The summed E-state index contributed by atoms with van der Waals surface area (Å²) in [6.07, 6.45) is -5.03. The zero-order valence-electron chi connectivity index (χ0n) is 10.0. The van der Waals surface area contributed by atoms with Crippen molar-refractivity contribution in [1.29, 1.82) is 5.26 Å². The summed E-state index contributed by atoms with van der Waals surface area (Å²) < 4.78 is 38.9. The van der Waals surface area contributed by atoms with Crippen LogP contribution in [0.1, 0.15) is 11.1 Å². The number of nitrogens with one attached hydrogen (secondary N) is 1. The molecule has 0 amide bonds. The molecule has 0 bridgehead atoms. The van der Waals surface area contributed by atoms with Crippen LogP contribution in [0.5, 0.6) is 0 Å². The summed E-state index contributed by atoms with van der Waals surface area (Å²) in [5.41, 5.74) is -2.57. The Bertz CT molecular complexity index is 762. The molecule has 2 aromatic rings. The molecule has 0 atom stereocenters. The Morgan fingerprint density at radius 3 is 2.52 bits per heavy atom. The van der Waals surface area contributed by atoms with E-state index < -0.39 is 28.0 Å². The first-order valence-electron chi connectivity index (χ1n) is 5.39. The van der Waals surface area contributed by atoms with Crippen molar-refractivity contribution in [2.24, 2.45) is 0 Å². The van der Waals surface area contributed by atoms with Crippen LogP contribution in [0.2, 0.25) is 5.02 Å². The smallest absolute Gasteiger partial charge is 0.358 e. The molecule has 0 aliphatic carbocycles. The van der Waals surface area contributed by atoms with E-state index in [0.29, 0.717) is 0 Å². The molecule has 0 aliphatic heterocycles. The average Bonchev–Trinajstić information content (AvgIpc) is 2.78. The van der Waals surface area contributed by atoms with E-state index in [2.05, 4.69) is 4.98 Å². The molecule has 1 aromatic carbocycles. The highest BCUT2D eigenvalue weighted by Gasteiger charge is 2.45. The van der Waals surface area contributed by atoms with Crippen molar-refractivity contribution in [3.8, 4) is 17.3 Å². The molecule has 1 heterocycles. The van der Waals surface area contributed by atoms with Crippen molar-refractivity contribution in [3.63, 3.8) is 0 Å². The van der Waals surface area contributed by atoms with Gasteiger partial charge in [0.1, 0.15) is 11.6 Å². The predicted octanol–water partition coefficient (Wildman–Crippen LogP) is 4.13. The van der Waals surface area contributed by atoms with E-state index in [1.807, 2.05) is 0 Å². The van der Waals surface area contributed by atoms with E-state index in [1.54, 1.807) is 0 Å². The Balaban J connectivity index is 2.81. The van der Waals surface area contributed by atoms with Crippen LogP contribution in [0.4, 0.5) is 19.0 Å². The van der Waals surface area contributed by atoms with Gasteiger partial charge in [-0.2, -0.15) is 18.4 Å². The number of nitro groups is 1. The number of halogens is 4. The van der Waals surface area contributed by atoms with Crippen LogP contribution in [-0.4, -0.2) is 9.91 Å². The first kappa shape index (κ1) is 14.9. The SMILES string of the molecule is N#Cc1c(-c2cccc(Cl)c2)[nH]c([N+](=O)[O-])c1C(F)(F)F. The number of hydrogen-bond donors (Lipinski definition) is 1. The molecule has 0 fully saturated rings. The minimum absolute atomic E-state index is 0.151. The summed E-state index contributed by atoms with van der Waals surface area (Å²) >= 11 is 5.74. The van der Waals surface area contributed by atoms with E-state index in [1.165, 1.54) is 30.3 Å². The minimum Gasteiger partial charge on any atom is -0.358 e. The third-order valence-electron chi connectivity index (χ3n) is 2.67. The summed E-state index contributed by atoms with van der Waals surface area (Å²) in [6.45, 7) is 0. The highest BCUT2D eigenvalue weighted by molar-refractivity contribution is 6.30. The van der Waals surface area contributed by atoms with Crippen molar-refractivity contribution < 1.29 is 18.1 Å². The molecule has 0 radical (unpaired) electrons. The summed E-state index contributed by atoms with van der Waals surface area (Å²) in [4.78, 5) is 11.6. The molecular weight excluding hydrogens is 311 g/mol. The number of aromatic amines is 1. The maximum atomic E-state index is 13.0. The summed E-state index contributed by atoms with van der Waals surface area (Å²) in [6, 6.07) is 7.00. The lowest BCUT2D eigenvalue weighted by molar-refractivity contribution is -0.392. The van der Waals surface area contributed by atoms with Crippen molar-refractivity contribution in [3.05, 3.63) is 50.5 Å². The monoisotopic (exact) mass is 315 g/mol. The number of benzene rings is 1. The van der Waals surface area contributed by atoms with Gasteiger partial charge in [0.15, 0.2) is 11.3 Å². The van der Waals surface area contributed by atoms with E-state index in [4.69, 9.17) is 16.9 Å². The zero-order valence-corrected chi connectivity index (χ0v) is 10.8. The molecule has 0 aliphatic rings. The molecule has 1 N–H and O–H groups in total. The van der Waals surface area contributed by atoms with Gasteiger partial charge in [-0.1, -0.05) is 23.7 Å². The quantitative estimate of drug-likeness (QED) is 0.668. The highest BCUT2D eigenvalue weighted by atomic mass is 35.5. The Morgan fingerprint density at radius 2 is 2.05 bits per heavy atom. The van der Waals surface area contributed by atoms with E-state index >= 15 is 0 Å². The number of hydrogen-bond acceptors (Lipinski definition) is 3. The normalized spacial score (nSPS) is 11.2. The zero-order chi connectivity index (χ0) is 15.8. The van der Waals surface area contributed by atoms with Crippen molar-refractivity contribution in [2.75, 3.05) is 0 Å². The van der Waals surface area contributed by atoms with Crippen LogP contribution >= 0.6 is 11.6 Å². The summed E-state index contributed by atoms with van der Waals surface area (Å²) in [5.74, 6) is -1.27. The van der Waals surface area contributed by atoms with Gasteiger partial charge in [0.2, 0.25) is 0 Å². The van der Waals surface area contributed by atoms with Gasteiger partial charge >= 0.3 is 12.0 Å². The van der Waals surface area contributed by atoms with Crippen LogP contribution < -0.4 is 0 Å². The van der Waals surface area contributed by atoms with Crippen molar-refractivity contribution >= 4 is 17.4 Å². The topological polar surface area (TPSA) is 82.7 Å². The molecule has 9 heteroatoms. The molecule has 0 spiro atoms. The number of nitrogens with zero attached hydrogens (tertiary/aromatic N) is 2. The molecule has 108 valence electrons. The number of H-pyrrole nitrogens is 1. The van der Waals surface area contributed by atoms with Gasteiger partial charge in [-0.15, -0.1) is 0 Å². The molecule has 0 unspecified atom stereocenters. The molecular formula is C12H5ClF3N3O2. The molecule has 1 aromatic heterocycles. The minimum atomic E-state index is -5.03. The fourth-order valence-electron chi connectivity index (χ4n) is 1.87. The maximum absolute atomic E-state index is 13.0. The molecule has 5 nitrogen and oxygen atoms in total. The second-order valence-corrected chi connectivity index (χ2v) is 4.41. The second-order valence-electron chi connectivity index (χ2n) is 3.98. The van der Waals surface area contributed by atoms with E-state index in [9.17, 15) is 23.3 Å². The highest BCUT2D eigenvalue weighted by Crippen LogP contribution is 2.42. The third kappa shape index (κ3) is 2.68. The van der Waals surface area contributed by atoms with Crippen LogP contribution in [0.15, 0.2) is 24.3 Å². The first-order valence-corrected chi connectivity index (χ1v) is 5.77. The fraction of sp³-hybridized carbons (Fsp3) is 0.0833. The standard InChI is InChI=1S/C12H5ClF3N3O2/c13-7-3-1-2-6(4-7)10-8(5-17)9(12(14,15)16)11(18-10)19(20)21/h1-4,18H. The van der Waals surface area contributed by atoms with Crippen LogP contribution in [0, 0.1) is 21.4 Å². The molecule has 21 heavy (non-hydrogen) atoms. The average molecular weight is 316 g/mol. The lowest BCUT2D eigenvalue weighted by atomic mass is 10.1. The molecule has 0 saturated heterocycles. The lowest BCUT2D eigenvalue weighted by Gasteiger charge is -2.04. The largest absolute Gasteiger partial charge is 0.425 e. The fourth-order valence-corrected chi connectivity index (χ4v) is 2.06. The summed E-state index contributed by atoms with van der Waals surface area (Å²) in [7, 11) is 0. The van der Waals surface area contributed by atoms with Crippen LogP contribution in [-0.2, 0) is 6.18 Å². The molecule has 0 saturated carbocycles. The van der Waals surface area contributed by atoms with Crippen molar-refractivity contribution in [1.82, 2.24) is 4.98 Å². The van der Waals surface area contributed by atoms with Gasteiger partial charge in [-0.05, 0) is 17.1 Å². The second kappa shape index (κ2) is 5.10. The van der Waals surface area contributed by atoms with Gasteiger partial charge in [-0.3, -0.25) is 0 Å². The lowest BCUT2D eigenvalue weighted by Crippen LogP contribution is -2.09. The first-order chi connectivity index (χ1) is 9.75. The predicted molar refractivity (Wildman–Crippen MR) is 67.6 cm³/mol. The Labute approximate surface area is 120 Å². The van der Waals surface area contributed by atoms with Crippen LogP contribution in [0.3, 0.4) is 0 Å². The number of rotatable bonds is 2. The Morgan fingerprint density at radius 1 is 1.38 bits per heavy atom. The van der Waals surface area contributed by atoms with Gasteiger partial charge in [0.05, 0.1) is 0 Å². The van der Waals surface area contributed by atoms with E-state index in [0.717, 1.165) is 0 Å². The Hall–Kier alpha value is -2.53. The number of nitriles is 1. The maximum Gasteiger partial charge on any atom is 0.425 e. The van der Waals surface area contributed by atoms with Gasteiger partial charge in [0.25, 0.3) is 0 Å². The molecule has 2 rings (SSSR count). The van der Waals surface area contributed by atoms with Crippen molar-refractivity contribution in [2.45, 2.75) is 6.18 Å². The number of alkyl halides is 3. The Kier molecular flexibility index (Phi) is 3.61.